The Morgan fingerprint density at radius 3 is 2.22 bits per heavy atom. The molecule has 0 spiro atoms. The van der Waals surface area contributed by atoms with Crippen molar-refractivity contribution in [2.45, 2.75) is 13.0 Å². The van der Waals surface area contributed by atoms with Crippen molar-refractivity contribution in [3.05, 3.63) is 54.4 Å². The molecule has 0 radical (unpaired) electrons. The fourth-order valence-electron chi connectivity index (χ4n) is 1.78. The van der Waals surface area contributed by atoms with E-state index in [-0.39, 0.29) is 6.04 Å². The maximum absolute atomic E-state index is 10.6. The van der Waals surface area contributed by atoms with Crippen LogP contribution in [0.5, 0.6) is 0 Å². The third-order valence-corrected chi connectivity index (χ3v) is 2.76. The second-order valence-electron chi connectivity index (χ2n) is 4.03. The normalized spacial score (nSPS) is 11.8. The van der Waals surface area contributed by atoms with E-state index in [0.29, 0.717) is 0 Å². The van der Waals surface area contributed by atoms with Crippen molar-refractivity contribution in [1.82, 2.24) is 10.3 Å². The summed E-state index contributed by atoms with van der Waals surface area (Å²) in [6.07, 6.45) is 2.48. The van der Waals surface area contributed by atoms with Gasteiger partial charge in [-0.25, -0.2) is 4.79 Å². The molecule has 2 aromatic rings. The first-order valence-electron chi connectivity index (χ1n) is 5.66. The molecular formula is C14H14N2O2. The van der Waals surface area contributed by atoms with Gasteiger partial charge in [0.05, 0.1) is 6.04 Å². The molecule has 1 atom stereocenters. The molecule has 4 nitrogen and oxygen atoms in total. The lowest BCUT2D eigenvalue weighted by Gasteiger charge is -2.12. The maximum atomic E-state index is 10.6. The van der Waals surface area contributed by atoms with Crippen LogP contribution in [0, 0.1) is 0 Å². The van der Waals surface area contributed by atoms with Crippen molar-refractivity contribution in [2.75, 3.05) is 0 Å². The largest absolute Gasteiger partial charge is 0.465 e. The van der Waals surface area contributed by atoms with Crippen molar-refractivity contribution >= 4 is 6.09 Å². The smallest absolute Gasteiger partial charge is 0.405 e. The van der Waals surface area contributed by atoms with E-state index in [9.17, 15) is 4.79 Å². The van der Waals surface area contributed by atoms with E-state index < -0.39 is 6.09 Å². The highest BCUT2D eigenvalue weighted by Crippen LogP contribution is 2.21. The quantitative estimate of drug-likeness (QED) is 0.869. The molecule has 4 heteroatoms. The van der Waals surface area contributed by atoms with Gasteiger partial charge in [-0.2, -0.15) is 0 Å². The van der Waals surface area contributed by atoms with Crippen molar-refractivity contribution in [1.29, 1.82) is 0 Å². The van der Waals surface area contributed by atoms with E-state index in [1.54, 1.807) is 12.4 Å². The Labute approximate surface area is 105 Å². The number of hydrogen-bond acceptors (Lipinski definition) is 2. The molecule has 1 aromatic carbocycles. The number of amides is 1. The number of hydrogen-bond donors (Lipinski definition) is 2. The zero-order valence-corrected chi connectivity index (χ0v) is 10.00. The van der Waals surface area contributed by atoms with E-state index in [1.165, 1.54) is 0 Å². The summed E-state index contributed by atoms with van der Waals surface area (Å²) in [5.41, 5.74) is 3.12. The van der Waals surface area contributed by atoms with Crippen LogP contribution in [0.15, 0.2) is 48.8 Å². The van der Waals surface area contributed by atoms with Crippen LogP contribution in [0.25, 0.3) is 11.1 Å². The highest BCUT2D eigenvalue weighted by molar-refractivity contribution is 5.66. The van der Waals surface area contributed by atoms with Gasteiger partial charge in [0.1, 0.15) is 0 Å². The number of aromatic nitrogens is 1. The third kappa shape index (κ3) is 2.85. The molecule has 0 aliphatic carbocycles. The van der Waals surface area contributed by atoms with Crippen LogP contribution in [0.4, 0.5) is 4.79 Å². The van der Waals surface area contributed by atoms with Crippen LogP contribution in [-0.4, -0.2) is 16.2 Å². The van der Waals surface area contributed by atoms with Crippen LogP contribution in [0.3, 0.4) is 0 Å². The van der Waals surface area contributed by atoms with Gasteiger partial charge in [0, 0.05) is 12.4 Å². The molecule has 0 bridgehead atoms. The maximum Gasteiger partial charge on any atom is 0.405 e. The molecule has 18 heavy (non-hydrogen) atoms. The first-order valence-corrected chi connectivity index (χ1v) is 5.66. The van der Waals surface area contributed by atoms with Gasteiger partial charge >= 0.3 is 6.09 Å². The molecule has 1 unspecified atom stereocenters. The standard InChI is InChI=1S/C14H14N2O2/c1-10(16-14(17)18)11-2-4-12(5-3-11)13-6-8-15-9-7-13/h2-10,16H,1H3,(H,17,18). The summed E-state index contributed by atoms with van der Waals surface area (Å²) < 4.78 is 0. The number of nitrogens with zero attached hydrogens (tertiary/aromatic N) is 1. The Bertz CT molecular complexity index is 523. The third-order valence-electron chi connectivity index (χ3n) is 2.76. The summed E-state index contributed by atoms with van der Waals surface area (Å²) >= 11 is 0. The van der Waals surface area contributed by atoms with Gasteiger partial charge in [0.25, 0.3) is 0 Å². The molecule has 1 heterocycles. The van der Waals surface area contributed by atoms with E-state index in [4.69, 9.17) is 5.11 Å². The topological polar surface area (TPSA) is 62.2 Å². The molecular weight excluding hydrogens is 228 g/mol. The molecule has 0 aliphatic rings. The molecule has 2 N–H and O–H groups in total. The van der Waals surface area contributed by atoms with Crippen LogP contribution < -0.4 is 5.32 Å². The van der Waals surface area contributed by atoms with Crippen LogP contribution >= 0.6 is 0 Å². The number of carbonyl (C=O) groups is 1. The van der Waals surface area contributed by atoms with E-state index in [0.717, 1.165) is 16.7 Å². The van der Waals surface area contributed by atoms with E-state index >= 15 is 0 Å². The van der Waals surface area contributed by atoms with Crippen molar-refractivity contribution < 1.29 is 9.90 Å². The summed E-state index contributed by atoms with van der Waals surface area (Å²) in [4.78, 5) is 14.5. The zero-order valence-electron chi connectivity index (χ0n) is 10.00. The highest BCUT2D eigenvalue weighted by Gasteiger charge is 2.07. The summed E-state index contributed by atoms with van der Waals surface area (Å²) in [6.45, 7) is 1.82. The fourth-order valence-corrected chi connectivity index (χ4v) is 1.78. The van der Waals surface area contributed by atoms with Gasteiger partial charge in [-0.15, -0.1) is 0 Å². The molecule has 92 valence electrons. The average molecular weight is 242 g/mol. The Kier molecular flexibility index (Phi) is 3.57. The summed E-state index contributed by atoms with van der Waals surface area (Å²) in [6, 6.07) is 11.5. The van der Waals surface area contributed by atoms with Crippen molar-refractivity contribution in [3.8, 4) is 11.1 Å². The predicted octanol–water partition coefficient (Wildman–Crippen LogP) is 3.08. The monoisotopic (exact) mass is 242 g/mol. The summed E-state index contributed by atoms with van der Waals surface area (Å²) in [7, 11) is 0. The predicted molar refractivity (Wildman–Crippen MR) is 69.2 cm³/mol. The van der Waals surface area contributed by atoms with E-state index in [2.05, 4.69) is 10.3 Å². The lowest BCUT2D eigenvalue weighted by Crippen LogP contribution is -2.24. The van der Waals surface area contributed by atoms with Gasteiger partial charge < -0.3 is 10.4 Å². The Hall–Kier alpha value is -2.36. The molecule has 1 amide bonds. The molecule has 1 aromatic heterocycles. The number of carboxylic acid groups (broad SMARTS) is 1. The molecule has 2 rings (SSSR count). The zero-order chi connectivity index (χ0) is 13.0. The summed E-state index contributed by atoms with van der Waals surface area (Å²) in [5, 5.41) is 11.1. The lowest BCUT2D eigenvalue weighted by molar-refractivity contribution is 0.191. The molecule has 0 fully saturated rings. The first-order chi connectivity index (χ1) is 8.66. The highest BCUT2D eigenvalue weighted by atomic mass is 16.4. The lowest BCUT2D eigenvalue weighted by atomic mass is 10.0. The Morgan fingerprint density at radius 1 is 1.11 bits per heavy atom. The minimum absolute atomic E-state index is 0.214. The SMILES string of the molecule is CC(NC(=O)O)c1ccc(-c2ccncc2)cc1. The van der Waals surface area contributed by atoms with E-state index in [1.807, 2.05) is 43.3 Å². The van der Waals surface area contributed by atoms with Crippen molar-refractivity contribution in [3.63, 3.8) is 0 Å². The molecule has 0 saturated heterocycles. The number of pyridine rings is 1. The minimum Gasteiger partial charge on any atom is -0.465 e. The van der Waals surface area contributed by atoms with Crippen molar-refractivity contribution in [2.24, 2.45) is 0 Å². The average Bonchev–Trinajstić information content (AvgIpc) is 2.39. The number of nitrogens with one attached hydrogen (secondary N) is 1. The second-order valence-corrected chi connectivity index (χ2v) is 4.03. The van der Waals surface area contributed by atoms with Gasteiger partial charge in [-0.1, -0.05) is 24.3 Å². The molecule has 0 aliphatic heterocycles. The summed E-state index contributed by atoms with van der Waals surface area (Å²) in [5.74, 6) is 0. The second kappa shape index (κ2) is 5.31. The minimum atomic E-state index is -1.01. The number of rotatable bonds is 3. The van der Waals surface area contributed by atoms with Gasteiger partial charge in [0.15, 0.2) is 0 Å². The van der Waals surface area contributed by atoms with Gasteiger partial charge in [0.2, 0.25) is 0 Å². The van der Waals surface area contributed by atoms with Crippen LogP contribution in [-0.2, 0) is 0 Å². The van der Waals surface area contributed by atoms with Crippen LogP contribution in [0.2, 0.25) is 0 Å². The fraction of sp³-hybridized carbons (Fsp3) is 0.143. The Balaban J connectivity index is 2.18. The number of benzene rings is 1. The first kappa shape index (κ1) is 12.1. The van der Waals surface area contributed by atoms with Gasteiger partial charge in [-0.05, 0) is 35.7 Å². The Morgan fingerprint density at radius 2 is 1.67 bits per heavy atom. The molecule has 0 saturated carbocycles. The van der Waals surface area contributed by atoms with Gasteiger partial charge in [-0.3, -0.25) is 4.98 Å². The van der Waals surface area contributed by atoms with Crippen LogP contribution in [0.1, 0.15) is 18.5 Å².